The van der Waals surface area contributed by atoms with Gasteiger partial charge in [-0.05, 0) is 53.6 Å². The average molecular weight is 458 g/mol. The van der Waals surface area contributed by atoms with Crippen LogP contribution in [0.15, 0.2) is 54.6 Å². The molecule has 5 nitrogen and oxygen atoms in total. The second-order valence-electron chi connectivity index (χ2n) is 8.11. The molecule has 1 aromatic heterocycles. The maximum atomic E-state index is 13.0. The molecule has 1 saturated carbocycles. The fraction of sp³-hybridized carbons (Fsp3) is 0.261. The molecular formula is C23H17F3N2O3S. The molecular weight excluding hydrogens is 441 g/mol. The number of nitrogens with zero attached hydrogens (tertiary/aromatic N) is 1. The summed E-state index contributed by atoms with van der Waals surface area (Å²) >= 11 is 1.20. The SMILES string of the molecule is O=C(O)C1C2C=CC(C2)C1C(=O)Nc1nc2ccc(-c3cccc(C(F)(F)F)c3)cc2s1. The van der Waals surface area contributed by atoms with Crippen LogP contribution in [0.2, 0.25) is 0 Å². The Bertz CT molecular complexity index is 1270. The van der Waals surface area contributed by atoms with Gasteiger partial charge in [0.2, 0.25) is 5.91 Å². The van der Waals surface area contributed by atoms with Gasteiger partial charge >= 0.3 is 12.1 Å². The van der Waals surface area contributed by atoms with Crippen molar-refractivity contribution in [2.24, 2.45) is 23.7 Å². The molecule has 1 fully saturated rings. The minimum absolute atomic E-state index is 0.0945. The first-order valence-electron chi connectivity index (χ1n) is 10.0. The van der Waals surface area contributed by atoms with Crippen LogP contribution in [0.3, 0.4) is 0 Å². The minimum Gasteiger partial charge on any atom is -0.481 e. The quantitative estimate of drug-likeness (QED) is 0.510. The summed E-state index contributed by atoms with van der Waals surface area (Å²) in [5.41, 5.74) is 0.914. The van der Waals surface area contributed by atoms with E-state index in [0.29, 0.717) is 32.9 Å². The number of anilines is 1. The number of hydrogen-bond acceptors (Lipinski definition) is 4. The van der Waals surface area contributed by atoms with Gasteiger partial charge in [0.05, 0.1) is 27.6 Å². The minimum atomic E-state index is -4.43. The maximum absolute atomic E-state index is 13.0. The van der Waals surface area contributed by atoms with Gasteiger partial charge in [0, 0.05) is 0 Å². The van der Waals surface area contributed by atoms with Gasteiger partial charge in [0.15, 0.2) is 5.13 Å². The zero-order valence-corrected chi connectivity index (χ0v) is 17.3. The highest BCUT2D eigenvalue weighted by Gasteiger charge is 2.51. The van der Waals surface area contributed by atoms with Gasteiger partial charge in [0.25, 0.3) is 0 Å². The normalized spacial score (nSPS) is 24.2. The lowest BCUT2D eigenvalue weighted by molar-refractivity contribution is -0.146. The number of alkyl halides is 3. The van der Waals surface area contributed by atoms with E-state index in [2.05, 4.69) is 10.3 Å². The molecule has 2 aromatic carbocycles. The molecule has 9 heteroatoms. The lowest BCUT2D eigenvalue weighted by atomic mass is 9.82. The van der Waals surface area contributed by atoms with Crippen molar-refractivity contribution in [2.75, 3.05) is 5.32 Å². The van der Waals surface area contributed by atoms with Crippen molar-refractivity contribution in [1.29, 1.82) is 0 Å². The van der Waals surface area contributed by atoms with Crippen molar-refractivity contribution in [3.05, 3.63) is 60.2 Å². The number of carboxylic acid groups (broad SMARTS) is 1. The van der Waals surface area contributed by atoms with Crippen LogP contribution in [0.4, 0.5) is 18.3 Å². The molecule has 2 bridgehead atoms. The standard InChI is InChI=1S/C23H17F3N2O3S/c24-23(25,26)15-3-1-2-11(9-15)12-6-7-16-17(10-12)32-22(27-16)28-20(29)18-13-4-5-14(8-13)19(18)21(30)31/h1-7,9-10,13-14,18-19H,8H2,(H,30,31)(H,27,28,29). The van der Waals surface area contributed by atoms with Crippen molar-refractivity contribution in [1.82, 2.24) is 4.98 Å². The first kappa shape index (κ1) is 20.7. The number of aromatic nitrogens is 1. The number of aliphatic carboxylic acids is 1. The molecule has 3 aromatic rings. The number of allylic oxidation sites excluding steroid dienone is 2. The number of fused-ring (bicyclic) bond motifs is 3. The highest BCUT2D eigenvalue weighted by Crippen LogP contribution is 2.48. The number of nitrogens with one attached hydrogen (secondary N) is 1. The number of carboxylic acids is 1. The number of halogens is 3. The summed E-state index contributed by atoms with van der Waals surface area (Å²) in [5, 5.41) is 12.6. The summed E-state index contributed by atoms with van der Waals surface area (Å²) < 4.78 is 39.8. The Balaban J connectivity index is 1.40. The van der Waals surface area contributed by atoms with Gasteiger partial charge in [-0.2, -0.15) is 13.2 Å². The summed E-state index contributed by atoms with van der Waals surface area (Å²) in [6.07, 6.45) is 0.0221. The van der Waals surface area contributed by atoms with E-state index in [0.717, 1.165) is 12.1 Å². The molecule has 2 aliphatic carbocycles. The summed E-state index contributed by atoms with van der Waals surface area (Å²) in [6, 6.07) is 10.2. The van der Waals surface area contributed by atoms with E-state index in [9.17, 15) is 27.9 Å². The zero-order chi connectivity index (χ0) is 22.6. The van der Waals surface area contributed by atoms with E-state index in [-0.39, 0.29) is 17.7 Å². The van der Waals surface area contributed by atoms with Crippen LogP contribution >= 0.6 is 11.3 Å². The van der Waals surface area contributed by atoms with Gasteiger partial charge < -0.3 is 10.4 Å². The summed E-state index contributed by atoms with van der Waals surface area (Å²) in [7, 11) is 0. The number of carbonyl (C=O) groups is 2. The van der Waals surface area contributed by atoms with E-state index in [4.69, 9.17) is 0 Å². The van der Waals surface area contributed by atoms with E-state index >= 15 is 0 Å². The molecule has 0 radical (unpaired) electrons. The van der Waals surface area contributed by atoms with Crippen molar-refractivity contribution < 1.29 is 27.9 Å². The molecule has 32 heavy (non-hydrogen) atoms. The third-order valence-corrected chi connectivity index (χ3v) is 7.12. The number of rotatable bonds is 4. The molecule has 164 valence electrons. The number of thiazole rings is 1. The first-order valence-corrected chi connectivity index (χ1v) is 10.8. The molecule has 2 aliphatic rings. The molecule has 0 spiro atoms. The molecule has 1 amide bonds. The number of amides is 1. The predicted octanol–water partition coefficient (Wildman–Crippen LogP) is 5.44. The smallest absolute Gasteiger partial charge is 0.416 e. The Kier molecular flexibility index (Phi) is 4.81. The lowest BCUT2D eigenvalue weighted by Crippen LogP contribution is -2.36. The topological polar surface area (TPSA) is 79.3 Å². The molecule has 1 heterocycles. The monoisotopic (exact) mass is 458 g/mol. The summed E-state index contributed by atoms with van der Waals surface area (Å²) in [6.45, 7) is 0. The van der Waals surface area contributed by atoms with E-state index in [1.54, 1.807) is 24.3 Å². The molecule has 2 N–H and O–H groups in total. The molecule has 0 saturated heterocycles. The summed E-state index contributed by atoms with van der Waals surface area (Å²) in [4.78, 5) is 28.9. The van der Waals surface area contributed by atoms with Crippen LogP contribution in [0.1, 0.15) is 12.0 Å². The van der Waals surface area contributed by atoms with E-state index < -0.39 is 29.5 Å². The molecule has 4 unspecified atom stereocenters. The van der Waals surface area contributed by atoms with Gasteiger partial charge in [0.1, 0.15) is 0 Å². The largest absolute Gasteiger partial charge is 0.481 e. The highest BCUT2D eigenvalue weighted by atomic mass is 32.1. The van der Waals surface area contributed by atoms with Crippen LogP contribution in [0, 0.1) is 23.7 Å². The van der Waals surface area contributed by atoms with Crippen LogP contribution < -0.4 is 5.32 Å². The maximum Gasteiger partial charge on any atom is 0.416 e. The van der Waals surface area contributed by atoms with Gasteiger partial charge in [-0.15, -0.1) is 0 Å². The van der Waals surface area contributed by atoms with Crippen LogP contribution in [0.25, 0.3) is 21.3 Å². The van der Waals surface area contributed by atoms with Gasteiger partial charge in [-0.3, -0.25) is 9.59 Å². The van der Waals surface area contributed by atoms with Crippen molar-refractivity contribution in [2.45, 2.75) is 12.6 Å². The number of carbonyl (C=O) groups excluding carboxylic acids is 1. The van der Waals surface area contributed by atoms with E-state index in [1.807, 2.05) is 12.2 Å². The Labute approximate surface area is 184 Å². The predicted molar refractivity (Wildman–Crippen MR) is 114 cm³/mol. The first-order chi connectivity index (χ1) is 15.2. The van der Waals surface area contributed by atoms with Gasteiger partial charge in [-0.25, -0.2) is 4.98 Å². The highest BCUT2D eigenvalue weighted by molar-refractivity contribution is 7.22. The second kappa shape index (κ2) is 7.44. The Morgan fingerprint density at radius 2 is 1.75 bits per heavy atom. The van der Waals surface area contributed by atoms with Crippen LogP contribution in [-0.4, -0.2) is 22.0 Å². The third kappa shape index (κ3) is 3.56. The molecule has 5 rings (SSSR count). The fourth-order valence-corrected chi connectivity index (χ4v) is 5.65. The molecule has 4 atom stereocenters. The van der Waals surface area contributed by atoms with E-state index in [1.165, 1.54) is 17.4 Å². The van der Waals surface area contributed by atoms with Crippen molar-refractivity contribution >= 4 is 38.6 Å². The van der Waals surface area contributed by atoms with Crippen molar-refractivity contribution in [3.63, 3.8) is 0 Å². The lowest BCUT2D eigenvalue weighted by Gasteiger charge is -2.23. The Hall–Kier alpha value is -3.20. The van der Waals surface area contributed by atoms with Crippen molar-refractivity contribution in [3.8, 4) is 11.1 Å². The Morgan fingerprint density at radius 3 is 2.47 bits per heavy atom. The summed E-state index contributed by atoms with van der Waals surface area (Å²) in [5.74, 6) is -2.95. The van der Waals surface area contributed by atoms with Crippen LogP contribution in [0.5, 0.6) is 0 Å². The zero-order valence-electron chi connectivity index (χ0n) is 16.5. The number of hydrogen-bond donors (Lipinski definition) is 2. The van der Waals surface area contributed by atoms with Gasteiger partial charge in [-0.1, -0.05) is 41.7 Å². The Morgan fingerprint density at radius 1 is 1.03 bits per heavy atom. The second-order valence-corrected chi connectivity index (χ2v) is 9.14. The fourth-order valence-electron chi connectivity index (χ4n) is 4.74. The molecule has 0 aliphatic heterocycles. The average Bonchev–Trinajstić information content (AvgIpc) is 3.46. The third-order valence-electron chi connectivity index (χ3n) is 6.19. The number of benzene rings is 2. The van der Waals surface area contributed by atoms with Crippen LogP contribution in [-0.2, 0) is 15.8 Å².